The van der Waals surface area contributed by atoms with Gasteiger partial charge in [0.2, 0.25) is 0 Å². The standard InChI is InChI=1S/C49H29N3O/c50-30-31-10-7-12-35(26-31)51-43-18-4-1-14-38(43)41-28-32(22-24-45(41)51)33-23-25-46-42(29-33)39-15-2-5-19-44(39)52(46)36-13-8-11-34(27-36)37-17-9-21-48-49(37)40-16-3-6-20-47(40)53-48/h1-29H. The van der Waals surface area contributed by atoms with Crippen LogP contribution in [-0.2, 0) is 0 Å². The average Bonchev–Trinajstić information content (AvgIpc) is 3.88. The van der Waals surface area contributed by atoms with Gasteiger partial charge in [-0.2, -0.15) is 5.26 Å². The van der Waals surface area contributed by atoms with Crippen LogP contribution in [0.15, 0.2) is 180 Å². The van der Waals surface area contributed by atoms with E-state index in [1.54, 1.807) is 0 Å². The summed E-state index contributed by atoms with van der Waals surface area (Å²) in [5, 5.41) is 16.7. The first-order valence-corrected chi connectivity index (χ1v) is 17.8. The Kier molecular flexibility index (Phi) is 6.28. The first-order chi connectivity index (χ1) is 26.2. The Morgan fingerprint density at radius 2 is 0.943 bits per heavy atom. The molecule has 0 unspecified atom stereocenters. The molecular formula is C49H29N3O. The van der Waals surface area contributed by atoms with Crippen LogP contribution in [0.5, 0.6) is 0 Å². The van der Waals surface area contributed by atoms with E-state index in [0.717, 1.165) is 72.1 Å². The van der Waals surface area contributed by atoms with Gasteiger partial charge in [-0.15, -0.1) is 0 Å². The van der Waals surface area contributed by atoms with E-state index < -0.39 is 0 Å². The number of hydrogen-bond donors (Lipinski definition) is 0. The minimum Gasteiger partial charge on any atom is -0.456 e. The Balaban J connectivity index is 1.07. The second-order valence-electron chi connectivity index (χ2n) is 13.7. The maximum atomic E-state index is 9.61. The highest BCUT2D eigenvalue weighted by Gasteiger charge is 2.18. The molecule has 0 N–H and O–H groups in total. The number of para-hydroxylation sites is 3. The van der Waals surface area contributed by atoms with Crippen LogP contribution in [-0.4, -0.2) is 9.13 Å². The van der Waals surface area contributed by atoms with Crippen LogP contribution in [0.25, 0.3) is 99.2 Å². The molecule has 0 aliphatic rings. The fraction of sp³-hybridized carbons (Fsp3) is 0. The lowest BCUT2D eigenvalue weighted by Gasteiger charge is -2.11. The number of hydrogen-bond acceptors (Lipinski definition) is 2. The monoisotopic (exact) mass is 675 g/mol. The van der Waals surface area contributed by atoms with Crippen LogP contribution < -0.4 is 0 Å². The third kappa shape index (κ3) is 4.41. The molecule has 0 aliphatic heterocycles. The van der Waals surface area contributed by atoms with Gasteiger partial charge in [-0.1, -0.05) is 97.1 Å². The largest absolute Gasteiger partial charge is 0.456 e. The van der Waals surface area contributed by atoms with Gasteiger partial charge >= 0.3 is 0 Å². The minimum absolute atomic E-state index is 0.646. The summed E-state index contributed by atoms with van der Waals surface area (Å²) < 4.78 is 10.9. The highest BCUT2D eigenvalue weighted by molar-refractivity contribution is 6.14. The lowest BCUT2D eigenvalue weighted by atomic mass is 9.99. The van der Waals surface area contributed by atoms with Gasteiger partial charge in [0.1, 0.15) is 11.2 Å². The maximum absolute atomic E-state index is 9.61. The third-order valence-corrected chi connectivity index (χ3v) is 10.7. The summed E-state index contributed by atoms with van der Waals surface area (Å²) >= 11 is 0. The van der Waals surface area contributed by atoms with Crippen molar-refractivity contribution in [3.05, 3.63) is 181 Å². The molecule has 8 aromatic carbocycles. The summed E-state index contributed by atoms with van der Waals surface area (Å²) in [6, 6.07) is 64.4. The molecule has 0 bridgehead atoms. The lowest BCUT2D eigenvalue weighted by molar-refractivity contribution is 0.669. The third-order valence-electron chi connectivity index (χ3n) is 10.7. The molecule has 3 heterocycles. The van der Waals surface area contributed by atoms with Gasteiger partial charge in [0, 0.05) is 43.7 Å². The molecule has 4 heteroatoms. The van der Waals surface area contributed by atoms with Gasteiger partial charge in [0.05, 0.1) is 33.7 Å². The van der Waals surface area contributed by atoms with E-state index in [2.05, 4.69) is 161 Å². The number of rotatable bonds is 4. The van der Waals surface area contributed by atoms with Crippen molar-refractivity contribution in [2.24, 2.45) is 0 Å². The molecular weight excluding hydrogens is 647 g/mol. The van der Waals surface area contributed by atoms with Crippen LogP contribution in [0.1, 0.15) is 5.56 Å². The van der Waals surface area contributed by atoms with E-state index in [4.69, 9.17) is 4.42 Å². The molecule has 0 spiro atoms. The SMILES string of the molecule is N#Cc1cccc(-n2c3ccccc3c3cc(-c4ccc5c(c4)c4ccccc4n5-c4cccc(-c5cccc6oc7ccccc7c56)c4)ccc32)c1. The van der Waals surface area contributed by atoms with Crippen molar-refractivity contribution < 1.29 is 4.42 Å². The Morgan fingerprint density at radius 1 is 0.396 bits per heavy atom. The van der Waals surface area contributed by atoms with E-state index >= 15 is 0 Å². The highest BCUT2D eigenvalue weighted by atomic mass is 16.3. The molecule has 11 aromatic rings. The number of fused-ring (bicyclic) bond motifs is 9. The fourth-order valence-electron chi connectivity index (χ4n) is 8.40. The summed E-state index contributed by atoms with van der Waals surface area (Å²) in [5.74, 6) is 0. The second kappa shape index (κ2) is 11.3. The number of nitrogens with zero attached hydrogens (tertiary/aromatic N) is 3. The molecule has 3 aromatic heterocycles. The van der Waals surface area contributed by atoms with Crippen LogP contribution >= 0.6 is 0 Å². The molecule has 246 valence electrons. The van der Waals surface area contributed by atoms with Gasteiger partial charge in [0.15, 0.2) is 0 Å². The molecule has 4 nitrogen and oxygen atoms in total. The highest BCUT2D eigenvalue weighted by Crippen LogP contribution is 2.40. The average molecular weight is 676 g/mol. The smallest absolute Gasteiger partial charge is 0.136 e. The van der Waals surface area contributed by atoms with Crippen molar-refractivity contribution >= 4 is 65.6 Å². The fourth-order valence-corrected chi connectivity index (χ4v) is 8.40. The van der Waals surface area contributed by atoms with Crippen LogP contribution in [0, 0.1) is 11.3 Å². The summed E-state index contributed by atoms with van der Waals surface area (Å²) in [4.78, 5) is 0. The van der Waals surface area contributed by atoms with Gasteiger partial charge in [-0.3, -0.25) is 0 Å². The molecule has 53 heavy (non-hydrogen) atoms. The zero-order chi connectivity index (χ0) is 35.0. The Morgan fingerprint density at radius 3 is 1.62 bits per heavy atom. The quantitative estimate of drug-likeness (QED) is 0.186. The van der Waals surface area contributed by atoms with Crippen molar-refractivity contribution in [2.75, 3.05) is 0 Å². The van der Waals surface area contributed by atoms with Gasteiger partial charge in [-0.05, 0) is 101 Å². The van der Waals surface area contributed by atoms with Crippen molar-refractivity contribution in [3.8, 4) is 39.7 Å². The number of furan rings is 1. The second-order valence-corrected chi connectivity index (χ2v) is 13.7. The summed E-state index contributed by atoms with van der Waals surface area (Å²) in [7, 11) is 0. The minimum atomic E-state index is 0.646. The predicted molar refractivity (Wildman–Crippen MR) is 218 cm³/mol. The lowest BCUT2D eigenvalue weighted by Crippen LogP contribution is -1.94. The molecule has 0 fully saturated rings. The molecule has 11 rings (SSSR count). The summed E-state index contributed by atoms with van der Waals surface area (Å²) in [6.07, 6.45) is 0. The van der Waals surface area contributed by atoms with E-state index in [1.807, 2.05) is 30.3 Å². The van der Waals surface area contributed by atoms with E-state index in [9.17, 15) is 5.26 Å². The van der Waals surface area contributed by atoms with Crippen molar-refractivity contribution in [1.29, 1.82) is 5.26 Å². The molecule has 0 saturated carbocycles. The molecule has 0 amide bonds. The number of aromatic nitrogens is 2. The van der Waals surface area contributed by atoms with Crippen molar-refractivity contribution in [1.82, 2.24) is 9.13 Å². The van der Waals surface area contributed by atoms with Crippen molar-refractivity contribution in [3.63, 3.8) is 0 Å². The normalized spacial score (nSPS) is 11.8. The zero-order valence-electron chi connectivity index (χ0n) is 28.5. The molecule has 0 atom stereocenters. The Labute approximate surface area is 304 Å². The summed E-state index contributed by atoms with van der Waals surface area (Å²) in [5.41, 5.74) is 13.7. The molecule has 0 radical (unpaired) electrons. The van der Waals surface area contributed by atoms with Crippen LogP contribution in [0.4, 0.5) is 0 Å². The van der Waals surface area contributed by atoms with Crippen molar-refractivity contribution in [2.45, 2.75) is 0 Å². The molecule has 0 aliphatic carbocycles. The topological polar surface area (TPSA) is 46.8 Å². The van der Waals surface area contributed by atoms with E-state index in [0.29, 0.717) is 5.56 Å². The molecule has 0 saturated heterocycles. The van der Waals surface area contributed by atoms with Gasteiger partial charge < -0.3 is 13.6 Å². The van der Waals surface area contributed by atoms with Gasteiger partial charge in [0.25, 0.3) is 0 Å². The number of benzene rings is 8. The number of nitriles is 1. The van der Waals surface area contributed by atoms with Gasteiger partial charge in [-0.25, -0.2) is 0 Å². The maximum Gasteiger partial charge on any atom is 0.136 e. The zero-order valence-corrected chi connectivity index (χ0v) is 28.5. The Hall–Kier alpha value is -7.35. The summed E-state index contributed by atoms with van der Waals surface area (Å²) in [6.45, 7) is 0. The first-order valence-electron chi connectivity index (χ1n) is 17.8. The van der Waals surface area contributed by atoms with Crippen LogP contribution in [0.3, 0.4) is 0 Å². The predicted octanol–water partition coefficient (Wildman–Crippen LogP) is 13.0. The first kappa shape index (κ1) is 29.4. The van der Waals surface area contributed by atoms with Crippen LogP contribution in [0.2, 0.25) is 0 Å². The Bertz CT molecular complexity index is 3310. The van der Waals surface area contributed by atoms with E-state index in [1.165, 1.54) is 27.1 Å². The van der Waals surface area contributed by atoms with E-state index in [-0.39, 0.29) is 0 Å².